The number of oxime groups is 1. The Hall–Kier alpha value is -1.58. The zero-order valence-electron chi connectivity index (χ0n) is 37.3. The van der Waals surface area contributed by atoms with Crippen LogP contribution >= 0.6 is 0 Å². The number of hydrogen-bond acceptors (Lipinski definition) is 17. The first-order chi connectivity index (χ1) is 27.0. The summed E-state index contributed by atoms with van der Waals surface area (Å²) in [5.74, 6) is -4.14. The molecule has 18 atom stereocenters. The number of nitrogens with zero attached hydrogens (tertiary/aromatic N) is 2. The van der Waals surface area contributed by atoms with E-state index in [1.54, 1.807) is 55.6 Å². The predicted octanol–water partition coefficient (Wildman–Crippen LogP) is 2.21. The lowest BCUT2D eigenvalue weighted by molar-refractivity contribution is -0.317. The van der Waals surface area contributed by atoms with Crippen LogP contribution in [0.4, 0.5) is 0 Å². The predicted molar refractivity (Wildman–Crippen MR) is 212 cm³/mol. The standard InChI is InChI=1S/C41H76N2O15/c1-15-29-41(10,49)34(45)24(4)31(42-53-21-52-17-16-50-13)22(2)19-39(8,48)36(58-38-32(44)28(43(11)12)18-23(3)54-38)25(5)33(26(6)37(47)56-29)57-30-20-40(9,51-14)35(46)27(7)55-30/h22-30,32-36,38,44-46,48-49H,15-21H2,1-14H3/t22-,23-,24+,25?,26-,27+,28+,29-,30?,32-,33+,34-,35+,36-,38?,39-,40-,41-/m1/s1. The second-order valence-electron chi connectivity index (χ2n) is 17.7. The zero-order chi connectivity index (χ0) is 43.9. The zero-order valence-corrected chi connectivity index (χ0v) is 37.3. The van der Waals surface area contributed by atoms with E-state index in [0.717, 1.165) is 0 Å². The quantitative estimate of drug-likeness (QED) is 0.0778. The van der Waals surface area contributed by atoms with Crippen LogP contribution in [0.15, 0.2) is 5.16 Å². The van der Waals surface area contributed by atoms with Crippen LogP contribution in [-0.2, 0) is 47.5 Å². The number of cyclic esters (lactones) is 1. The molecule has 0 spiro atoms. The molecule has 0 aromatic rings. The van der Waals surface area contributed by atoms with Crippen molar-refractivity contribution in [3.8, 4) is 0 Å². The van der Waals surface area contributed by atoms with Crippen LogP contribution in [0.2, 0.25) is 0 Å². The van der Waals surface area contributed by atoms with Gasteiger partial charge in [-0.1, -0.05) is 32.9 Å². The third-order valence-electron chi connectivity index (χ3n) is 12.6. The Labute approximate surface area is 345 Å². The lowest BCUT2D eigenvalue weighted by atomic mass is 9.73. The largest absolute Gasteiger partial charge is 0.459 e. The van der Waals surface area contributed by atoms with E-state index < -0.39 is 102 Å². The van der Waals surface area contributed by atoms with Gasteiger partial charge in [0.25, 0.3) is 0 Å². The molecule has 0 amide bonds. The molecule has 58 heavy (non-hydrogen) atoms. The van der Waals surface area contributed by atoms with Gasteiger partial charge in [0.1, 0.15) is 23.9 Å². The first-order valence-corrected chi connectivity index (χ1v) is 20.8. The van der Waals surface area contributed by atoms with Crippen molar-refractivity contribution in [2.75, 3.05) is 48.3 Å². The van der Waals surface area contributed by atoms with E-state index in [1.165, 1.54) is 14.0 Å². The summed E-state index contributed by atoms with van der Waals surface area (Å²) in [6.07, 6.45) is -9.49. The lowest BCUT2D eigenvalue weighted by Gasteiger charge is -2.49. The van der Waals surface area contributed by atoms with Crippen LogP contribution in [-0.4, -0.2) is 175 Å². The normalized spacial score (nSPS) is 45.8. The van der Waals surface area contributed by atoms with Crippen molar-refractivity contribution < 1.29 is 73.1 Å². The first kappa shape index (κ1) is 50.8. The molecule has 0 aromatic carbocycles. The summed E-state index contributed by atoms with van der Waals surface area (Å²) in [4.78, 5) is 21.8. The monoisotopic (exact) mass is 837 g/mol. The number of hydrogen-bond donors (Lipinski definition) is 5. The van der Waals surface area contributed by atoms with E-state index >= 15 is 0 Å². The molecule has 3 fully saturated rings. The van der Waals surface area contributed by atoms with Crippen LogP contribution in [0.25, 0.3) is 0 Å². The maximum absolute atomic E-state index is 14.3. The molecule has 5 N–H and O–H groups in total. The highest BCUT2D eigenvalue weighted by atomic mass is 16.7. The highest BCUT2D eigenvalue weighted by molar-refractivity contribution is 5.88. The van der Waals surface area contributed by atoms with Crippen molar-refractivity contribution >= 4 is 11.7 Å². The molecule has 0 aliphatic carbocycles. The SMILES string of the molecule is CC[C@H]1OC(=O)[C@H](C)[C@@H](OC2C[C@@](C)(OC)[C@@H](O)[C@H](C)O2)C(C)[C@@H](OC2O[C@H](C)C[C@H](N(C)C)[C@H]2O)[C@](C)(O)C[C@@H](C)C(=NOCOCCOC)[C@H](C)[C@@H](O)[C@]1(C)O. The Kier molecular flexibility index (Phi) is 18.8. The van der Waals surface area contributed by atoms with E-state index in [-0.39, 0.29) is 44.8 Å². The molecule has 0 saturated carbocycles. The number of ether oxygens (including phenoxy) is 8. The van der Waals surface area contributed by atoms with Gasteiger partial charge in [-0.25, -0.2) is 0 Å². The molecule has 3 rings (SSSR count). The summed E-state index contributed by atoms with van der Waals surface area (Å²) >= 11 is 0. The maximum atomic E-state index is 14.3. The van der Waals surface area contributed by atoms with Gasteiger partial charge in [-0.05, 0) is 74.9 Å². The van der Waals surface area contributed by atoms with E-state index in [9.17, 15) is 30.3 Å². The van der Waals surface area contributed by atoms with Crippen molar-refractivity contribution in [2.45, 2.75) is 179 Å². The van der Waals surface area contributed by atoms with Crippen LogP contribution < -0.4 is 0 Å². The lowest BCUT2D eigenvalue weighted by Crippen LogP contribution is -2.61. The van der Waals surface area contributed by atoms with Crippen LogP contribution in [0.1, 0.15) is 94.9 Å². The average molecular weight is 837 g/mol. The highest BCUT2D eigenvalue weighted by Gasteiger charge is 2.53. The minimum Gasteiger partial charge on any atom is -0.459 e. The van der Waals surface area contributed by atoms with Crippen LogP contribution in [0.5, 0.6) is 0 Å². The molecule has 0 aromatic heterocycles. The molecule has 3 aliphatic heterocycles. The molecule has 3 saturated heterocycles. The summed E-state index contributed by atoms with van der Waals surface area (Å²) in [6, 6.07) is -0.328. The van der Waals surface area contributed by atoms with Crippen LogP contribution in [0, 0.1) is 23.7 Å². The Morgan fingerprint density at radius 3 is 2.14 bits per heavy atom. The molecule has 17 heteroatoms. The Morgan fingerprint density at radius 2 is 1.55 bits per heavy atom. The molecule has 3 heterocycles. The Morgan fingerprint density at radius 1 is 0.897 bits per heavy atom. The summed E-state index contributed by atoms with van der Waals surface area (Å²) in [5.41, 5.74) is -4.49. The van der Waals surface area contributed by atoms with Gasteiger partial charge in [0.15, 0.2) is 12.6 Å². The van der Waals surface area contributed by atoms with Crippen molar-refractivity contribution in [1.82, 2.24) is 4.90 Å². The second-order valence-corrected chi connectivity index (χ2v) is 17.7. The molecule has 340 valence electrons. The number of aliphatic hydroxyl groups is 5. The smallest absolute Gasteiger partial charge is 0.311 e. The number of carbonyl (C=O) groups excluding carboxylic acids is 1. The summed E-state index contributed by atoms with van der Waals surface area (Å²) in [7, 11) is 6.76. The number of likely N-dealkylation sites (N-methyl/N-ethyl adjacent to an activating group) is 1. The van der Waals surface area contributed by atoms with E-state index in [4.69, 9.17) is 42.7 Å². The van der Waals surface area contributed by atoms with Gasteiger partial charge in [0.2, 0.25) is 6.79 Å². The Bertz CT molecular complexity index is 1300. The van der Waals surface area contributed by atoms with Gasteiger partial charge in [-0.2, -0.15) is 0 Å². The minimum absolute atomic E-state index is 0.0307. The number of methoxy groups -OCH3 is 2. The molecule has 3 unspecified atom stereocenters. The number of aliphatic hydroxyl groups excluding tert-OH is 3. The average Bonchev–Trinajstić information content (AvgIpc) is 3.15. The summed E-state index contributed by atoms with van der Waals surface area (Å²) < 4.78 is 48.1. The van der Waals surface area contributed by atoms with Gasteiger partial charge in [-0.3, -0.25) is 4.79 Å². The molecule has 0 radical (unpaired) electrons. The van der Waals surface area contributed by atoms with Gasteiger partial charge in [0.05, 0.1) is 66.6 Å². The number of esters is 1. The summed E-state index contributed by atoms with van der Waals surface area (Å²) in [5, 5.41) is 63.6. The molecule has 3 aliphatic rings. The van der Waals surface area contributed by atoms with Crippen LogP contribution in [0.3, 0.4) is 0 Å². The second kappa shape index (κ2) is 21.5. The van der Waals surface area contributed by atoms with E-state index in [1.807, 2.05) is 32.8 Å². The molecular formula is C41H76N2O15. The van der Waals surface area contributed by atoms with Crippen molar-refractivity contribution in [2.24, 2.45) is 28.8 Å². The fraction of sp³-hybridized carbons (Fsp3) is 0.951. The van der Waals surface area contributed by atoms with Crippen molar-refractivity contribution in [3.63, 3.8) is 0 Å². The maximum Gasteiger partial charge on any atom is 0.311 e. The third-order valence-corrected chi connectivity index (χ3v) is 12.6. The van der Waals surface area contributed by atoms with E-state index in [0.29, 0.717) is 18.7 Å². The van der Waals surface area contributed by atoms with Crippen molar-refractivity contribution in [1.29, 1.82) is 0 Å². The van der Waals surface area contributed by atoms with Gasteiger partial charge >= 0.3 is 5.97 Å². The third kappa shape index (κ3) is 12.1. The van der Waals surface area contributed by atoms with Crippen molar-refractivity contribution in [3.05, 3.63) is 0 Å². The first-order valence-electron chi connectivity index (χ1n) is 20.8. The fourth-order valence-electron chi connectivity index (χ4n) is 8.93. The molecule has 17 nitrogen and oxygen atoms in total. The highest BCUT2D eigenvalue weighted by Crippen LogP contribution is 2.41. The minimum atomic E-state index is -1.97. The van der Waals surface area contributed by atoms with E-state index in [2.05, 4.69) is 5.16 Å². The number of rotatable bonds is 13. The molecular weight excluding hydrogens is 760 g/mol. The topological polar surface area (TPSA) is 217 Å². The van der Waals surface area contributed by atoms with Gasteiger partial charge in [0, 0.05) is 44.4 Å². The Balaban J connectivity index is 2.22. The van der Waals surface area contributed by atoms with Gasteiger partial charge in [-0.15, -0.1) is 0 Å². The van der Waals surface area contributed by atoms with Gasteiger partial charge < -0.3 is 73.2 Å². The number of carbonyl (C=O) groups is 1. The fourth-order valence-corrected chi connectivity index (χ4v) is 8.93. The summed E-state index contributed by atoms with van der Waals surface area (Å²) in [6.45, 7) is 17.3. The molecule has 0 bridgehead atoms.